The fraction of sp³-hybridized carbons (Fsp3) is 0.375. The lowest BCUT2D eigenvalue weighted by Gasteiger charge is -2.09. The summed E-state index contributed by atoms with van der Waals surface area (Å²) in [5.74, 6) is -0.247. The Kier molecular flexibility index (Phi) is 4.03. The van der Waals surface area contributed by atoms with Gasteiger partial charge in [-0.1, -0.05) is 17.4 Å². The fourth-order valence-electron chi connectivity index (χ4n) is 0.892. The van der Waals surface area contributed by atoms with E-state index in [-0.39, 0.29) is 21.4 Å². The topological polar surface area (TPSA) is 54.9 Å². The minimum atomic E-state index is -0.247. The van der Waals surface area contributed by atoms with Crippen molar-refractivity contribution in [3.05, 3.63) is 22.1 Å². The molecule has 0 aliphatic carbocycles. The van der Waals surface area contributed by atoms with Crippen LogP contribution < -0.4 is 5.32 Å². The van der Waals surface area contributed by atoms with E-state index in [0.29, 0.717) is 0 Å². The number of nitrogens with zero attached hydrogens (tertiary/aromatic N) is 2. The number of amides is 1. The van der Waals surface area contributed by atoms with Gasteiger partial charge in [0, 0.05) is 6.04 Å². The largest absolute Gasteiger partial charge is 0.347 e. The maximum absolute atomic E-state index is 11.4. The first kappa shape index (κ1) is 11.1. The summed E-state index contributed by atoms with van der Waals surface area (Å²) in [6, 6.07) is 0.0441. The molecule has 1 unspecified atom stereocenters. The van der Waals surface area contributed by atoms with Crippen LogP contribution in [0.3, 0.4) is 0 Å². The van der Waals surface area contributed by atoms with Crippen molar-refractivity contribution in [1.82, 2.24) is 15.5 Å². The molecule has 1 rings (SSSR count). The summed E-state index contributed by atoms with van der Waals surface area (Å²) in [6.07, 6.45) is 2.47. The van der Waals surface area contributed by atoms with Crippen molar-refractivity contribution >= 4 is 28.8 Å². The molecule has 1 N–H and O–H groups in total. The van der Waals surface area contributed by atoms with E-state index >= 15 is 0 Å². The highest BCUT2D eigenvalue weighted by Crippen LogP contribution is 2.14. The predicted octanol–water partition coefficient (Wildman–Crippen LogP) is 1.89. The molecule has 6 heteroatoms. The van der Waals surface area contributed by atoms with Crippen LogP contribution in [0.2, 0.25) is 4.47 Å². The summed E-state index contributed by atoms with van der Waals surface area (Å²) in [4.78, 5) is 11.4. The Hall–Kier alpha value is -0.940. The SMILES string of the molecule is C=CCC(C)NC(=O)c1nnc(Cl)s1. The van der Waals surface area contributed by atoms with E-state index in [2.05, 4.69) is 22.1 Å². The minimum absolute atomic E-state index is 0.0441. The second-order valence-corrected chi connectivity index (χ2v) is 4.32. The highest BCUT2D eigenvalue weighted by molar-refractivity contribution is 7.17. The summed E-state index contributed by atoms with van der Waals surface area (Å²) < 4.78 is 0.270. The maximum Gasteiger partial charge on any atom is 0.282 e. The van der Waals surface area contributed by atoms with E-state index in [4.69, 9.17) is 11.6 Å². The first-order chi connectivity index (χ1) is 6.63. The van der Waals surface area contributed by atoms with Crippen molar-refractivity contribution in [3.63, 3.8) is 0 Å². The van der Waals surface area contributed by atoms with Crippen molar-refractivity contribution in [2.24, 2.45) is 0 Å². The van der Waals surface area contributed by atoms with Crippen LogP contribution in [0.4, 0.5) is 0 Å². The monoisotopic (exact) mass is 231 g/mol. The van der Waals surface area contributed by atoms with E-state index < -0.39 is 0 Å². The molecule has 0 saturated carbocycles. The van der Waals surface area contributed by atoms with Crippen LogP contribution >= 0.6 is 22.9 Å². The van der Waals surface area contributed by atoms with Crippen molar-refractivity contribution in [1.29, 1.82) is 0 Å². The van der Waals surface area contributed by atoms with E-state index in [1.807, 2.05) is 6.92 Å². The van der Waals surface area contributed by atoms with Gasteiger partial charge in [-0.05, 0) is 24.9 Å². The van der Waals surface area contributed by atoms with Crippen LogP contribution in [0.5, 0.6) is 0 Å². The molecule has 0 aromatic carbocycles. The van der Waals surface area contributed by atoms with Crippen LogP contribution in [0.25, 0.3) is 0 Å². The van der Waals surface area contributed by atoms with E-state index in [0.717, 1.165) is 17.8 Å². The molecule has 0 spiro atoms. The van der Waals surface area contributed by atoms with Gasteiger partial charge in [-0.15, -0.1) is 16.8 Å². The summed E-state index contributed by atoms with van der Waals surface area (Å²) in [5, 5.41) is 10.2. The van der Waals surface area contributed by atoms with Gasteiger partial charge in [0.15, 0.2) is 0 Å². The van der Waals surface area contributed by atoms with E-state index in [1.54, 1.807) is 6.08 Å². The molecule has 0 radical (unpaired) electrons. The molecule has 0 bridgehead atoms. The maximum atomic E-state index is 11.4. The lowest BCUT2D eigenvalue weighted by molar-refractivity contribution is 0.0939. The summed E-state index contributed by atoms with van der Waals surface area (Å²) in [5.41, 5.74) is 0. The Balaban J connectivity index is 2.54. The van der Waals surface area contributed by atoms with Crippen molar-refractivity contribution in [3.8, 4) is 0 Å². The molecule has 14 heavy (non-hydrogen) atoms. The summed E-state index contributed by atoms with van der Waals surface area (Å²) >= 11 is 6.61. The average Bonchev–Trinajstić information content (AvgIpc) is 2.52. The van der Waals surface area contributed by atoms with Gasteiger partial charge in [-0.25, -0.2) is 0 Å². The van der Waals surface area contributed by atoms with Crippen LogP contribution in [0.15, 0.2) is 12.7 Å². The van der Waals surface area contributed by atoms with E-state index in [9.17, 15) is 4.79 Å². The fourth-order valence-corrected chi connectivity index (χ4v) is 1.62. The third-order valence-corrected chi connectivity index (χ3v) is 2.51. The number of halogens is 1. The second-order valence-electron chi connectivity index (χ2n) is 2.76. The quantitative estimate of drug-likeness (QED) is 0.806. The standard InChI is InChI=1S/C8H10ClN3OS/c1-3-4-5(2)10-6(13)7-11-12-8(9)14-7/h3,5H,1,4H2,2H3,(H,10,13). The minimum Gasteiger partial charge on any atom is -0.347 e. The number of aromatic nitrogens is 2. The van der Waals surface area contributed by atoms with Gasteiger partial charge in [0.2, 0.25) is 9.47 Å². The predicted molar refractivity (Wildman–Crippen MR) is 56.7 cm³/mol. The molecule has 1 heterocycles. The smallest absolute Gasteiger partial charge is 0.282 e. The molecule has 1 aromatic rings. The Morgan fingerprint density at radius 3 is 3.00 bits per heavy atom. The molecular formula is C8H10ClN3OS. The Morgan fingerprint density at radius 1 is 1.79 bits per heavy atom. The highest BCUT2D eigenvalue weighted by Gasteiger charge is 2.13. The van der Waals surface area contributed by atoms with E-state index in [1.165, 1.54) is 0 Å². The van der Waals surface area contributed by atoms with Crippen molar-refractivity contribution in [2.45, 2.75) is 19.4 Å². The lowest BCUT2D eigenvalue weighted by atomic mass is 10.2. The van der Waals surface area contributed by atoms with Crippen LogP contribution in [-0.4, -0.2) is 22.1 Å². The lowest BCUT2D eigenvalue weighted by Crippen LogP contribution is -2.31. The normalized spacial score (nSPS) is 12.1. The number of carbonyl (C=O) groups excluding carboxylic acids is 1. The Labute approximate surface area is 91.0 Å². The molecule has 0 fully saturated rings. The van der Waals surface area contributed by atoms with Crippen molar-refractivity contribution < 1.29 is 4.79 Å². The zero-order valence-corrected chi connectivity index (χ0v) is 9.23. The number of hydrogen-bond donors (Lipinski definition) is 1. The van der Waals surface area contributed by atoms with Gasteiger partial charge in [-0.3, -0.25) is 4.79 Å². The van der Waals surface area contributed by atoms with Gasteiger partial charge < -0.3 is 5.32 Å². The number of nitrogens with one attached hydrogen (secondary N) is 1. The third kappa shape index (κ3) is 3.08. The van der Waals surface area contributed by atoms with Gasteiger partial charge in [0.1, 0.15) is 0 Å². The van der Waals surface area contributed by atoms with Crippen LogP contribution in [-0.2, 0) is 0 Å². The molecular weight excluding hydrogens is 222 g/mol. The first-order valence-corrected chi connectivity index (χ1v) is 5.23. The van der Waals surface area contributed by atoms with Crippen LogP contribution in [0.1, 0.15) is 23.1 Å². The summed E-state index contributed by atoms with van der Waals surface area (Å²) in [7, 11) is 0. The first-order valence-electron chi connectivity index (χ1n) is 4.04. The molecule has 0 saturated heterocycles. The van der Waals surface area contributed by atoms with Gasteiger partial charge >= 0.3 is 0 Å². The Morgan fingerprint density at radius 2 is 2.50 bits per heavy atom. The molecule has 0 aliphatic heterocycles. The van der Waals surface area contributed by atoms with Gasteiger partial charge in [0.05, 0.1) is 0 Å². The molecule has 76 valence electrons. The molecule has 4 nitrogen and oxygen atoms in total. The zero-order chi connectivity index (χ0) is 10.6. The van der Waals surface area contributed by atoms with Crippen LogP contribution in [0, 0.1) is 0 Å². The number of carbonyl (C=O) groups is 1. The number of hydrogen-bond acceptors (Lipinski definition) is 4. The van der Waals surface area contributed by atoms with Gasteiger partial charge in [-0.2, -0.15) is 0 Å². The molecule has 1 amide bonds. The molecule has 1 aromatic heterocycles. The second kappa shape index (κ2) is 5.07. The molecule has 0 aliphatic rings. The van der Waals surface area contributed by atoms with Crippen molar-refractivity contribution in [2.75, 3.05) is 0 Å². The third-order valence-electron chi connectivity index (χ3n) is 1.49. The number of rotatable bonds is 4. The van der Waals surface area contributed by atoms with Gasteiger partial charge in [0.25, 0.3) is 5.91 Å². The molecule has 1 atom stereocenters. The zero-order valence-electron chi connectivity index (χ0n) is 7.66. The Bertz CT molecular complexity index is 339. The average molecular weight is 232 g/mol. The summed E-state index contributed by atoms with van der Waals surface area (Å²) in [6.45, 7) is 5.48. The highest BCUT2D eigenvalue weighted by atomic mass is 35.5.